The van der Waals surface area contributed by atoms with E-state index >= 15 is 0 Å². The van der Waals surface area contributed by atoms with E-state index in [9.17, 15) is 23.5 Å². The lowest BCUT2D eigenvalue weighted by Crippen LogP contribution is -2.44. The summed E-state index contributed by atoms with van der Waals surface area (Å²) in [4.78, 5) is 30.8. The van der Waals surface area contributed by atoms with Gasteiger partial charge in [0.15, 0.2) is 11.5 Å². The number of carbonyl (C=O) groups excluding carboxylic acids is 2. The third-order valence-corrected chi connectivity index (χ3v) is 9.21. The van der Waals surface area contributed by atoms with Gasteiger partial charge in [0, 0.05) is 28.3 Å². The number of rotatable bonds is 8. The van der Waals surface area contributed by atoms with Gasteiger partial charge in [-0.2, -0.15) is 5.10 Å². The summed E-state index contributed by atoms with van der Waals surface area (Å²) in [5.41, 5.74) is 5.30. The first-order valence-corrected chi connectivity index (χ1v) is 14.8. The molecule has 4 aromatic rings. The predicted octanol–water partition coefficient (Wildman–Crippen LogP) is 3.92. The number of primary amides is 1. The number of hydrogen-bond acceptors (Lipinski definition) is 8. The van der Waals surface area contributed by atoms with E-state index in [4.69, 9.17) is 15.5 Å². The number of hydrogen-bond donors (Lipinski definition) is 3. The predicted molar refractivity (Wildman–Crippen MR) is 155 cm³/mol. The van der Waals surface area contributed by atoms with E-state index in [1.807, 2.05) is 10.9 Å². The average Bonchev–Trinajstić information content (AvgIpc) is 3.94. The van der Waals surface area contributed by atoms with Gasteiger partial charge in [0.05, 0.1) is 23.8 Å². The summed E-state index contributed by atoms with van der Waals surface area (Å²) in [6.45, 7) is 1.40. The Balaban J connectivity index is 1.15. The Hall–Kier alpha value is -4.78. The van der Waals surface area contributed by atoms with Crippen LogP contribution in [0.3, 0.4) is 0 Å². The Labute approximate surface area is 255 Å². The number of ether oxygens (including phenoxy) is 3. The van der Waals surface area contributed by atoms with Crippen LogP contribution >= 0.6 is 0 Å². The van der Waals surface area contributed by atoms with Crippen molar-refractivity contribution in [1.82, 2.24) is 20.1 Å². The highest BCUT2D eigenvalue weighted by molar-refractivity contribution is 5.98. The first-order chi connectivity index (χ1) is 21.4. The molecule has 2 aromatic heterocycles. The molecule has 2 aliphatic carbocycles. The first-order valence-electron chi connectivity index (χ1n) is 14.8. The Bertz CT molecular complexity index is 1920. The highest BCUT2D eigenvalue weighted by atomic mass is 19.3. The monoisotopic (exact) mass is 617 g/mol. The number of aromatic nitrogens is 3. The molecule has 1 unspecified atom stereocenters. The fraction of sp³-hybridized carbons (Fsp3) is 0.375. The molecule has 13 heteroatoms. The number of fused-ring (bicyclic) bond motifs is 3. The smallest absolute Gasteiger partial charge is 0.489 e. The van der Waals surface area contributed by atoms with Crippen LogP contribution in [-0.2, 0) is 15.8 Å². The van der Waals surface area contributed by atoms with Crippen LogP contribution in [0, 0.1) is 5.92 Å². The van der Waals surface area contributed by atoms with Crippen molar-refractivity contribution >= 4 is 22.7 Å². The van der Waals surface area contributed by atoms with Crippen LogP contribution in [0.5, 0.6) is 17.2 Å². The van der Waals surface area contributed by atoms with Crippen molar-refractivity contribution in [2.75, 3.05) is 13.2 Å². The molecular weight excluding hydrogens is 588 g/mol. The maximum atomic E-state index is 13.8. The second kappa shape index (κ2) is 9.36. The Morgan fingerprint density at radius 3 is 2.62 bits per heavy atom. The van der Waals surface area contributed by atoms with Crippen LogP contribution in [0.4, 0.5) is 8.78 Å². The van der Waals surface area contributed by atoms with Crippen LogP contribution < -0.4 is 25.3 Å². The third-order valence-electron chi connectivity index (χ3n) is 9.21. The zero-order valence-corrected chi connectivity index (χ0v) is 24.2. The molecule has 0 spiro atoms. The van der Waals surface area contributed by atoms with Crippen LogP contribution in [0.25, 0.3) is 22.2 Å². The third kappa shape index (κ3) is 4.55. The van der Waals surface area contributed by atoms with Gasteiger partial charge in [0.25, 0.3) is 5.91 Å². The molecular formula is C32H29F2N5O6. The number of amides is 2. The highest BCUT2D eigenvalue weighted by Crippen LogP contribution is 2.51. The number of aliphatic hydroxyl groups is 1. The van der Waals surface area contributed by atoms with Crippen LogP contribution in [-0.4, -0.2) is 51.1 Å². The Kier molecular flexibility index (Phi) is 5.77. The van der Waals surface area contributed by atoms with Crippen molar-refractivity contribution in [3.63, 3.8) is 0 Å². The first kappa shape index (κ1) is 27.7. The number of carbonyl (C=O) groups is 2. The summed E-state index contributed by atoms with van der Waals surface area (Å²) >= 11 is 0. The van der Waals surface area contributed by atoms with E-state index in [0.29, 0.717) is 35.6 Å². The average molecular weight is 618 g/mol. The molecule has 8 rings (SSSR count). The summed E-state index contributed by atoms with van der Waals surface area (Å²) in [6, 6.07) is 11.5. The maximum Gasteiger partial charge on any atom is 0.586 e. The molecule has 2 atom stereocenters. The molecule has 2 fully saturated rings. The number of nitrogens with one attached hydrogen (secondary N) is 1. The zero-order valence-electron chi connectivity index (χ0n) is 24.2. The lowest BCUT2D eigenvalue weighted by Gasteiger charge is -2.30. The van der Waals surface area contributed by atoms with Gasteiger partial charge in [0.2, 0.25) is 5.91 Å². The van der Waals surface area contributed by atoms with Gasteiger partial charge in [0.1, 0.15) is 29.1 Å². The summed E-state index contributed by atoms with van der Waals surface area (Å²) in [6.07, 6.45) is 1.69. The largest absolute Gasteiger partial charge is 0.586 e. The van der Waals surface area contributed by atoms with Gasteiger partial charge < -0.3 is 30.4 Å². The minimum absolute atomic E-state index is 0.0726. The molecule has 232 valence electrons. The Morgan fingerprint density at radius 1 is 1.11 bits per heavy atom. The number of halogens is 2. The molecule has 2 aromatic carbocycles. The van der Waals surface area contributed by atoms with Crippen molar-refractivity contribution in [3.8, 4) is 28.5 Å². The molecule has 4 heterocycles. The van der Waals surface area contributed by atoms with Gasteiger partial charge in [-0.05, 0) is 81.0 Å². The van der Waals surface area contributed by atoms with Crippen molar-refractivity contribution in [1.29, 1.82) is 0 Å². The van der Waals surface area contributed by atoms with Gasteiger partial charge in [-0.15, -0.1) is 8.78 Å². The summed E-state index contributed by atoms with van der Waals surface area (Å²) in [5.74, 6) is -1.34. The molecule has 0 radical (unpaired) electrons. The van der Waals surface area contributed by atoms with Crippen LogP contribution in [0.2, 0.25) is 0 Å². The van der Waals surface area contributed by atoms with Crippen LogP contribution in [0.15, 0.2) is 48.7 Å². The van der Waals surface area contributed by atoms with E-state index in [1.165, 1.54) is 18.2 Å². The summed E-state index contributed by atoms with van der Waals surface area (Å²) in [5, 5.41) is 20.5. The second-order valence-electron chi connectivity index (χ2n) is 12.5. The molecule has 11 nitrogen and oxygen atoms in total. The fourth-order valence-corrected chi connectivity index (χ4v) is 6.14. The van der Waals surface area contributed by atoms with Crippen LogP contribution in [0.1, 0.15) is 60.3 Å². The van der Waals surface area contributed by atoms with Crippen molar-refractivity contribution in [3.05, 3.63) is 65.5 Å². The lowest BCUT2D eigenvalue weighted by atomic mass is 9.81. The van der Waals surface area contributed by atoms with E-state index in [1.54, 1.807) is 31.2 Å². The minimum atomic E-state index is -3.81. The van der Waals surface area contributed by atoms with E-state index < -0.39 is 23.2 Å². The molecule has 45 heavy (non-hydrogen) atoms. The minimum Gasteiger partial charge on any atom is -0.489 e. The van der Waals surface area contributed by atoms with Crippen molar-refractivity contribution in [2.45, 2.75) is 56.0 Å². The SMILES string of the molecule is C[C@]1(C(N)=O)COc2c1cc(C(O)(CNC(=O)c1ccc3nn(C4CC4)cc3c1)C1CC1)nc2-c1ccc2c(c1)OC(F)(F)O2. The molecule has 2 saturated carbocycles. The molecule has 0 bridgehead atoms. The molecule has 4 N–H and O–H groups in total. The van der Waals surface area contributed by atoms with Gasteiger partial charge in [-0.1, -0.05) is 0 Å². The van der Waals surface area contributed by atoms with Crippen molar-refractivity contribution < 1.29 is 37.7 Å². The topological polar surface area (TPSA) is 151 Å². The molecule has 2 amide bonds. The number of nitrogens with zero attached hydrogens (tertiary/aromatic N) is 3. The highest BCUT2D eigenvalue weighted by Gasteiger charge is 2.50. The summed E-state index contributed by atoms with van der Waals surface area (Å²) in [7, 11) is 0. The molecule has 4 aliphatic rings. The number of pyridine rings is 1. The molecule has 0 saturated heterocycles. The van der Waals surface area contributed by atoms with E-state index in [2.05, 4.69) is 19.9 Å². The lowest BCUT2D eigenvalue weighted by molar-refractivity contribution is -0.286. The standard InChI is InChI=1S/C32H29F2N5O6/c1-30(29(35)41)15-43-27-21(30)12-25(37-26(27)16-3-9-23-24(11-16)45-32(33,34)44-23)31(42,19-4-5-19)14-36-28(40)17-2-8-22-18(10-17)13-39(38-22)20-6-7-20/h2-3,8-13,19-20,42H,4-7,14-15H2,1H3,(H2,35,41)(H,36,40)/t30-,31?/m0/s1. The maximum absolute atomic E-state index is 13.8. The number of nitrogens with two attached hydrogens (primary N) is 1. The van der Waals surface area contributed by atoms with Gasteiger partial charge in [-0.25, -0.2) is 4.98 Å². The Morgan fingerprint density at radius 2 is 1.89 bits per heavy atom. The zero-order chi connectivity index (χ0) is 31.3. The van der Waals surface area contributed by atoms with E-state index in [0.717, 1.165) is 23.7 Å². The van der Waals surface area contributed by atoms with Gasteiger partial charge in [-0.3, -0.25) is 14.3 Å². The normalized spacial score (nSPS) is 22.5. The van der Waals surface area contributed by atoms with Crippen molar-refractivity contribution in [2.24, 2.45) is 11.7 Å². The number of alkyl halides is 2. The van der Waals surface area contributed by atoms with E-state index in [-0.39, 0.29) is 53.6 Å². The second-order valence-corrected chi connectivity index (χ2v) is 12.5. The van der Waals surface area contributed by atoms with Gasteiger partial charge >= 0.3 is 6.29 Å². The number of benzene rings is 2. The summed E-state index contributed by atoms with van der Waals surface area (Å²) < 4.78 is 44.6. The molecule has 2 aliphatic heterocycles. The quantitative estimate of drug-likeness (QED) is 0.269. The fourth-order valence-electron chi connectivity index (χ4n) is 6.14.